The summed E-state index contributed by atoms with van der Waals surface area (Å²) in [5.74, 6) is 2.48. The maximum Gasteiger partial charge on any atom is -0.00561 e. The average Bonchev–Trinajstić information content (AvgIpc) is 2.40. The van der Waals surface area contributed by atoms with E-state index in [0.717, 1.165) is 5.57 Å². The van der Waals surface area contributed by atoms with Crippen LogP contribution in [0.25, 0.3) is 0 Å². The predicted octanol–water partition coefficient (Wildman–Crippen LogP) is 5.78. The van der Waals surface area contributed by atoms with Gasteiger partial charge in [0.05, 0.1) is 0 Å². The number of hydrogen-bond donors (Lipinski definition) is 0. The van der Waals surface area contributed by atoms with Gasteiger partial charge in [-0.2, -0.15) is 0 Å². The standard InChI is InChI=1S/C6H8.C6H12.C2H6.C2H4/c1-4-6(3)5-2;1-3-5-6-4-2;2*1-2/h1,5H,2-3H3;3H,1,4-6H2,2H3;1-2H3;1-2H2/b6-5+;;;. The minimum absolute atomic E-state index is 0.995. The Bertz CT molecular complexity index is 167. The summed E-state index contributed by atoms with van der Waals surface area (Å²) in [5, 5.41) is 0. The van der Waals surface area contributed by atoms with Gasteiger partial charge >= 0.3 is 0 Å². The molecule has 94 valence electrons. The first-order chi connectivity index (χ1) is 7.72. The molecule has 0 rings (SSSR count). The zero-order chi connectivity index (χ0) is 13.8. The summed E-state index contributed by atoms with van der Waals surface area (Å²) in [7, 11) is 0. The van der Waals surface area contributed by atoms with Gasteiger partial charge < -0.3 is 0 Å². The van der Waals surface area contributed by atoms with Crippen LogP contribution in [0.3, 0.4) is 0 Å². The summed E-state index contributed by atoms with van der Waals surface area (Å²) in [6.45, 7) is 19.6. The van der Waals surface area contributed by atoms with Gasteiger partial charge in [0, 0.05) is 0 Å². The molecule has 0 spiro atoms. The van der Waals surface area contributed by atoms with Gasteiger partial charge in [0.15, 0.2) is 0 Å². The fourth-order valence-corrected chi connectivity index (χ4v) is 0.432. The highest BCUT2D eigenvalue weighted by Crippen LogP contribution is 1.91. The van der Waals surface area contributed by atoms with E-state index >= 15 is 0 Å². The summed E-state index contributed by atoms with van der Waals surface area (Å²) >= 11 is 0. The molecule has 0 aromatic heterocycles. The summed E-state index contributed by atoms with van der Waals surface area (Å²) in [5.41, 5.74) is 0.995. The van der Waals surface area contributed by atoms with Crippen LogP contribution in [0.5, 0.6) is 0 Å². The normalized spacial score (nSPS) is 7.62. The monoisotopic (exact) mass is 222 g/mol. The van der Waals surface area contributed by atoms with Gasteiger partial charge in [-0.05, 0) is 25.8 Å². The fourth-order valence-electron chi connectivity index (χ4n) is 0.432. The molecule has 0 saturated heterocycles. The van der Waals surface area contributed by atoms with Crippen molar-refractivity contribution in [1.29, 1.82) is 0 Å². The Kier molecular flexibility index (Phi) is 56.1. The molecular formula is C16H30. The maximum absolute atomic E-state index is 4.96. The second-order valence-electron chi connectivity index (χ2n) is 2.55. The Labute approximate surface area is 104 Å². The number of allylic oxidation sites excluding steroid dienone is 3. The molecule has 0 aromatic rings. The SMILES string of the molecule is C#C/C(C)=C/C.C=C.C=CCCCC.CC. The largest absolute Gasteiger partial charge is 0.115 e. The van der Waals surface area contributed by atoms with Crippen molar-refractivity contribution in [2.24, 2.45) is 0 Å². The molecule has 0 aliphatic heterocycles. The molecule has 0 bridgehead atoms. The molecule has 0 amide bonds. The van der Waals surface area contributed by atoms with Crippen molar-refractivity contribution in [1.82, 2.24) is 0 Å². The minimum atomic E-state index is 0.995. The zero-order valence-corrected chi connectivity index (χ0v) is 12.0. The third-order valence-electron chi connectivity index (χ3n) is 1.42. The van der Waals surface area contributed by atoms with E-state index in [1.165, 1.54) is 19.3 Å². The lowest BCUT2D eigenvalue weighted by molar-refractivity contribution is 0.816. The molecule has 0 radical (unpaired) electrons. The fraction of sp³-hybridized carbons (Fsp3) is 0.500. The lowest BCUT2D eigenvalue weighted by atomic mass is 10.3. The number of rotatable bonds is 3. The van der Waals surface area contributed by atoms with Crippen LogP contribution in [0.1, 0.15) is 53.9 Å². The van der Waals surface area contributed by atoms with E-state index in [1.807, 2.05) is 39.8 Å². The zero-order valence-electron chi connectivity index (χ0n) is 12.0. The van der Waals surface area contributed by atoms with Gasteiger partial charge in [-0.15, -0.1) is 26.2 Å². The highest BCUT2D eigenvalue weighted by Gasteiger charge is 1.71. The van der Waals surface area contributed by atoms with Gasteiger partial charge in [-0.25, -0.2) is 0 Å². The van der Waals surface area contributed by atoms with Gasteiger partial charge in [-0.1, -0.05) is 51.7 Å². The van der Waals surface area contributed by atoms with Crippen LogP contribution in [0.15, 0.2) is 37.5 Å². The Morgan fingerprint density at radius 1 is 1.31 bits per heavy atom. The molecule has 0 fully saturated rings. The molecule has 0 atom stereocenters. The smallest absolute Gasteiger partial charge is 0.00561 e. The molecular weight excluding hydrogens is 192 g/mol. The van der Waals surface area contributed by atoms with E-state index in [-0.39, 0.29) is 0 Å². The van der Waals surface area contributed by atoms with E-state index in [0.29, 0.717) is 0 Å². The Morgan fingerprint density at radius 2 is 1.75 bits per heavy atom. The van der Waals surface area contributed by atoms with Crippen LogP contribution in [-0.2, 0) is 0 Å². The number of terminal acetylenes is 1. The summed E-state index contributed by atoms with van der Waals surface area (Å²) in [4.78, 5) is 0. The highest BCUT2D eigenvalue weighted by molar-refractivity contribution is 5.21. The lowest BCUT2D eigenvalue weighted by Crippen LogP contribution is -1.61. The molecule has 0 heterocycles. The van der Waals surface area contributed by atoms with E-state index in [2.05, 4.69) is 32.6 Å². The Balaban J connectivity index is -0.0000000686. The van der Waals surface area contributed by atoms with Gasteiger partial charge in [0.2, 0.25) is 0 Å². The van der Waals surface area contributed by atoms with Crippen molar-refractivity contribution in [2.75, 3.05) is 0 Å². The predicted molar refractivity (Wildman–Crippen MR) is 80.6 cm³/mol. The van der Waals surface area contributed by atoms with Crippen LogP contribution >= 0.6 is 0 Å². The molecule has 0 unspecified atom stereocenters. The third-order valence-corrected chi connectivity index (χ3v) is 1.42. The summed E-state index contributed by atoms with van der Waals surface area (Å²) in [6, 6.07) is 0. The van der Waals surface area contributed by atoms with Crippen molar-refractivity contribution >= 4 is 0 Å². The van der Waals surface area contributed by atoms with Crippen molar-refractivity contribution in [2.45, 2.75) is 53.9 Å². The van der Waals surface area contributed by atoms with Crippen LogP contribution in [0.4, 0.5) is 0 Å². The quantitative estimate of drug-likeness (QED) is 0.323. The third kappa shape index (κ3) is 53.1. The molecule has 0 N–H and O–H groups in total. The van der Waals surface area contributed by atoms with E-state index in [1.54, 1.807) is 0 Å². The van der Waals surface area contributed by atoms with Crippen molar-refractivity contribution in [3.8, 4) is 12.3 Å². The molecule has 0 heteroatoms. The van der Waals surface area contributed by atoms with E-state index in [4.69, 9.17) is 6.42 Å². The van der Waals surface area contributed by atoms with Crippen LogP contribution in [0, 0.1) is 12.3 Å². The number of hydrogen-bond acceptors (Lipinski definition) is 0. The highest BCUT2D eigenvalue weighted by atomic mass is 13.8. The van der Waals surface area contributed by atoms with Crippen molar-refractivity contribution in [3.63, 3.8) is 0 Å². The second kappa shape index (κ2) is 37.2. The van der Waals surface area contributed by atoms with Gasteiger partial charge in [-0.3, -0.25) is 0 Å². The average molecular weight is 222 g/mol. The molecule has 0 nitrogen and oxygen atoms in total. The maximum atomic E-state index is 4.96. The molecule has 0 aliphatic carbocycles. The van der Waals surface area contributed by atoms with Crippen LogP contribution in [-0.4, -0.2) is 0 Å². The molecule has 0 aliphatic rings. The Hall–Kier alpha value is -1.22. The Morgan fingerprint density at radius 3 is 1.81 bits per heavy atom. The topological polar surface area (TPSA) is 0 Å². The molecule has 16 heavy (non-hydrogen) atoms. The lowest BCUT2D eigenvalue weighted by Gasteiger charge is -1.81. The second-order valence-corrected chi connectivity index (χ2v) is 2.55. The first-order valence-corrected chi connectivity index (χ1v) is 5.93. The van der Waals surface area contributed by atoms with E-state index < -0.39 is 0 Å². The van der Waals surface area contributed by atoms with Gasteiger partial charge in [0.25, 0.3) is 0 Å². The first kappa shape index (κ1) is 24.2. The van der Waals surface area contributed by atoms with Gasteiger partial charge in [0.1, 0.15) is 0 Å². The minimum Gasteiger partial charge on any atom is -0.115 e. The van der Waals surface area contributed by atoms with Crippen LogP contribution < -0.4 is 0 Å². The first-order valence-electron chi connectivity index (χ1n) is 5.93. The number of unbranched alkanes of at least 4 members (excludes halogenated alkanes) is 2. The summed E-state index contributed by atoms with van der Waals surface area (Å²) in [6.07, 6.45) is 12.6. The summed E-state index contributed by atoms with van der Waals surface area (Å²) < 4.78 is 0. The van der Waals surface area contributed by atoms with E-state index in [9.17, 15) is 0 Å². The molecule has 0 aromatic carbocycles. The van der Waals surface area contributed by atoms with Crippen molar-refractivity contribution < 1.29 is 0 Å². The van der Waals surface area contributed by atoms with Crippen molar-refractivity contribution in [3.05, 3.63) is 37.5 Å². The molecule has 0 saturated carbocycles. The van der Waals surface area contributed by atoms with Crippen LogP contribution in [0.2, 0.25) is 0 Å².